The van der Waals surface area contributed by atoms with Crippen molar-refractivity contribution in [1.29, 1.82) is 0 Å². The smallest absolute Gasteiger partial charge is 0.308 e. The molecule has 0 spiro atoms. The summed E-state index contributed by atoms with van der Waals surface area (Å²) in [7, 11) is 0. The number of esters is 1. The third-order valence-corrected chi connectivity index (χ3v) is 8.98. The van der Waals surface area contributed by atoms with Crippen molar-refractivity contribution in [2.75, 3.05) is 6.54 Å². The van der Waals surface area contributed by atoms with Gasteiger partial charge in [-0.3, -0.25) is 14.4 Å². The zero-order chi connectivity index (χ0) is 32.1. The predicted octanol–water partition coefficient (Wildman–Crippen LogP) is 5.11. The van der Waals surface area contributed by atoms with Crippen molar-refractivity contribution in [3.63, 3.8) is 0 Å². The molecule has 11 heteroatoms. The van der Waals surface area contributed by atoms with Crippen LogP contribution in [0.15, 0.2) is 70.7 Å². The summed E-state index contributed by atoms with van der Waals surface area (Å²) < 4.78 is 11.0. The number of aliphatic hydroxyl groups is 1. The number of aromatic nitrogens is 2. The first-order chi connectivity index (χ1) is 21.6. The topological polar surface area (TPSA) is 135 Å². The van der Waals surface area contributed by atoms with Crippen LogP contribution in [-0.4, -0.2) is 56.6 Å². The van der Waals surface area contributed by atoms with Crippen LogP contribution in [0.25, 0.3) is 10.4 Å². The molecule has 4 aromatic rings. The van der Waals surface area contributed by atoms with Crippen LogP contribution in [0, 0.1) is 19.8 Å². The SMILES string of the molecule is Cc1cc(C(C(=O)N2C[C@H](O)C[C@H]2C(=O)N[C@@H](CC(=O)OCc2ccccc2)c2ccc(-c3scnc3C)cc2)C(C)C)on1. The second-order valence-corrected chi connectivity index (χ2v) is 12.6. The van der Waals surface area contributed by atoms with Crippen molar-refractivity contribution >= 4 is 29.1 Å². The van der Waals surface area contributed by atoms with E-state index >= 15 is 0 Å². The fourth-order valence-electron chi connectivity index (χ4n) is 5.68. The largest absolute Gasteiger partial charge is 0.461 e. The van der Waals surface area contributed by atoms with Crippen LogP contribution in [-0.2, 0) is 25.7 Å². The summed E-state index contributed by atoms with van der Waals surface area (Å²) >= 11 is 1.54. The Bertz CT molecular complexity index is 1620. The van der Waals surface area contributed by atoms with Gasteiger partial charge in [0.1, 0.15) is 24.3 Å². The molecule has 1 saturated heterocycles. The maximum Gasteiger partial charge on any atom is 0.308 e. The molecule has 3 heterocycles. The van der Waals surface area contributed by atoms with Gasteiger partial charge >= 0.3 is 5.97 Å². The van der Waals surface area contributed by atoms with E-state index in [1.165, 1.54) is 16.2 Å². The first kappa shape index (κ1) is 32.1. The number of benzene rings is 2. The third-order valence-electron chi connectivity index (χ3n) is 8.00. The summed E-state index contributed by atoms with van der Waals surface area (Å²) in [5.41, 5.74) is 5.91. The highest BCUT2D eigenvalue weighted by Crippen LogP contribution is 2.32. The number of carbonyl (C=O) groups excluding carboxylic acids is 3. The molecular weight excluding hydrogens is 592 g/mol. The third kappa shape index (κ3) is 7.66. The Labute approximate surface area is 266 Å². The average Bonchev–Trinajstić information content (AvgIpc) is 3.76. The summed E-state index contributed by atoms with van der Waals surface area (Å²) in [5.74, 6) is -1.65. The molecule has 1 aliphatic heterocycles. The molecule has 0 aliphatic carbocycles. The first-order valence-electron chi connectivity index (χ1n) is 15.0. The van der Waals surface area contributed by atoms with Gasteiger partial charge in [0.15, 0.2) is 0 Å². The average molecular weight is 631 g/mol. The predicted molar refractivity (Wildman–Crippen MR) is 169 cm³/mol. The summed E-state index contributed by atoms with van der Waals surface area (Å²) in [6, 6.07) is 17.0. The van der Waals surface area contributed by atoms with E-state index < -0.39 is 36.0 Å². The Balaban J connectivity index is 1.36. The van der Waals surface area contributed by atoms with Gasteiger partial charge in [0.25, 0.3) is 0 Å². The van der Waals surface area contributed by atoms with Gasteiger partial charge in [-0.05, 0) is 36.5 Å². The van der Waals surface area contributed by atoms with Crippen molar-refractivity contribution in [1.82, 2.24) is 20.4 Å². The summed E-state index contributed by atoms with van der Waals surface area (Å²) in [5, 5.41) is 17.5. The number of ether oxygens (including phenoxy) is 1. The number of nitrogens with one attached hydrogen (secondary N) is 1. The van der Waals surface area contributed by atoms with Gasteiger partial charge < -0.3 is 24.6 Å². The second-order valence-electron chi connectivity index (χ2n) is 11.8. The lowest BCUT2D eigenvalue weighted by Crippen LogP contribution is -2.49. The molecule has 10 nitrogen and oxygen atoms in total. The molecule has 2 amide bonds. The number of aryl methyl sites for hydroxylation is 2. The molecule has 0 saturated carbocycles. The zero-order valence-corrected chi connectivity index (χ0v) is 26.6. The number of nitrogens with zero attached hydrogens (tertiary/aromatic N) is 3. The number of rotatable bonds is 11. The van der Waals surface area contributed by atoms with Crippen molar-refractivity contribution < 1.29 is 28.8 Å². The van der Waals surface area contributed by atoms with Gasteiger partial charge in [0.2, 0.25) is 11.8 Å². The van der Waals surface area contributed by atoms with E-state index in [1.54, 1.807) is 18.5 Å². The van der Waals surface area contributed by atoms with E-state index in [2.05, 4.69) is 15.5 Å². The number of amides is 2. The molecule has 0 bridgehead atoms. The minimum Gasteiger partial charge on any atom is -0.461 e. The fourth-order valence-corrected chi connectivity index (χ4v) is 6.49. The van der Waals surface area contributed by atoms with E-state index in [0.717, 1.165) is 21.7 Å². The number of likely N-dealkylation sites (tertiary alicyclic amines) is 1. The highest BCUT2D eigenvalue weighted by atomic mass is 32.1. The van der Waals surface area contributed by atoms with E-state index in [0.29, 0.717) is 17.0 Å². The molecule has 45 heavy (non-hydrogen) atoms. The van der Waals surface area contributed by atoms with Crippen LogP contribution < -0.4 is 5.32 Å². The maximum absolute atomic E-state index is 13.9. The zero-order valence-electron chi connectivity index (χ0n) is 25.8. The van der Waals surface area contributed by atoms with Gasteiger partial charge in [0.05, 0.1) is 40.3 Å². The number of aliphatic hydroxyl groups excluding tert-OH is 1. The van der Waals surface area contributed by atoms with Crippen LogP contribution in [0.3, 0.4) is 0 Å². The van der Waals surface area contributed by atoms with E-state index in [-0.39, 0.29) is 37.8 Å². The van der Waals surface area contributed by atoms with Gasteiger partial charge in [-0.1, -0.05) is 73.6 Å². The number of hydrogen-bond donors (Lipinski definition) is 2. The van der Waals surface area contributed by atoms with E-state index in [4.69, 9.17) is 9.26 Å². The Morgan fingerprint density at radius 3 is 2.47 bits per heavy atom. The fraction of sp³-hybridized carbons (Fsp3) is 0.382. The number of β-amino-alcohol motifs (C(OH)–C–C–N with tert-alkyl or cyclic N) is 1. The molecule has 1 fully saturated rings. The van der Waals surface area contributed by atoms with E-state index in [1.807, 2.05) is 75.4 Å². The Morgan fingerprint density at radius 2 is 1.84 bits per heavy atom. The van der Waals surface area contributed by atoms with Crippen molar-refractivity contribution in [2.24, 2.45) is 5.92 Å². The van der Waals surface area contributed by atoms with Crippen molar-refractivity contribution in [3.05, 3.63) is 94.4 Å². The molecule has 1 unspecified atom stereocenters. The van der Waals surface area contributed by atoms with Crippen LogP contribution in [0.1, 0.15) is 66.9 Å². The standard InChI is InChI=1S/C34H38N4O6S/c1-20(2)31(29-14-21(3)37-44-29)34(42)38-17-26(39)15-28(38)33(41)36-27(16-30(40)43-18-23-8-6-5-7-9-23)24-10-12-25(13-11-24)32-22(4)35-19-45-32/h5-14,19-20,26-28,31,39H,15-18H2,1-4H3,(H,36,41)/t26-,27+,28+,31?/m1/s1. The molecule has 4 atom stereocenters. The highest BCUT2D eigenvalue weighted by molar-refractivity contribution is 7.13. The number of hydrogen-bond acceptors (Lipinski definition) is 9. The Hall–Kier alpha value is -4.35. The lowest BCUT2D eigenvalue weighted by molar-refractivity contribution is -0.146. The normalized spacial score (nSPS) is 17.7. The molecule has 5 rings (SSSR count). The number of carbonyl (C=O) groups is 3. The van der Waals surface area contributed by atoms with Crippen LogP contribution in [0.5, 0.6) is 0 Å². The van der Waals surface area contributed by atoms with Gasteiger partial charge in [0, 0.05) is 19.0 Å². The molecule has 1 aliphatic rings. The lowest BCUT2D eigenvalue weighted by atomic mass is 9.91. The quantitative estimate of drug-likeness (QED) is 0.219. The molecule has 2 aromatic heterocycles. The molecular formula is C34H38N4O6S. The van der Waals surface area contributed by atoms with Crippen LogP contribution in [0.2, 0.25) is 0 Å². The molecule has 2 N–H and O–H groups in total. The molecule has 236 valence electrons. The monoisotopic (exact) mass is 630 g/mol. The number of thiazole rings is 1. The second kappa shape index (κ2) is 14.2. The van der Waals surface area contributed by atoms with Crippen molar-refractivity contribution in [3.8, 4) is 10.4 Å². The molecule has 0 radical (unpaired) electrons. The van der Waals surface area contributed by atoms with Gasteiger partial charge in [-0.15, -0.1) is 11.3 Å². The maximum atomic E-state index is 13.9. The highest BCUT2D eigenvalue weighted by Gasteiger charge is 2.43. The Morgan fingerprint density at radius 1 is 1.11 bits per heavy atom. The van der Waals surface area contributed by atoms with Gasteiger partial charge in [-0.25, -0.2) is 4.98 Å². The lowest BCUT2D eigenvalue weighted by Gasteiger charge is -2.30. The minimum atomic E-state index is -0.931. The minimum absolute atomic E-state index is 0.0138. The van der Waals surface area contributed by atoms with Crippen LogP contribution in [0.4, 0.5) is 0 Å². The first-order valence-corrected chi connectivity index (χ1v) is 15.9. The summed E-state index contributed by atoms with van der Waals surface area (Å²) in [6.45, 7) is 7.65. The van der Waals surface area contributed by atoms with Gasteiger partial charge in [-0.2, -0.15) is 0 Å². The molecule has 2 aromatic carbocycles. The van der Waals surface area contributed by atoms with E-state index in [9.17, 15) is 19.5 Å². The van der Waals surface area contributed by atoms with Crippen LogP contribution >= 0.6 is 11.3 Å². The summed E-state index contributed by atoms with van der Waals surface area (Å²) in [4.78, 5) is 47.6. The summed E-state index contributed by atoms with van der Waals surface area (Å²) in [6.07, 6.45) is -0.913. The Kier molecular flexibility index (Phi) is 10.1. The van der Waals surface area contributed by atoms with Crippen molar-refractivity contribution in [2.45, 2.75) is 71.2 Å².